The molecule has 90 valence electrons. The van der Waals surface area contributed by atoms with E-state index in [-0.39, 0.29) is 11.9 Å². The predicted octanol–water partition coefficient (Wildman–Crippen LogP) is 3.28. The Morgan fingerprint density at radius 3 is 2.94 bits per heavy atom. The van der Waals surface area contributed by atoms with Crippen molar-refractivity contribution in [3.63, 3.8) is 0 Å². The van der Waals surface area contributed by atoms with E-state index in [9.17, 15) is 4.39 Å². The Hall–Kier alpha value is -1.20. The number of hydrogen-bond donors (Lipinski definition) is 1. The van der Waals surface area contributed by atoms with Gasteiger partial charge in [0.2, 0.25) is 0 Å². The Morgan fingerprint density at radius 2 is 2.35 bits per heavy atom. The van der Waals surface area contributed by atoms with Crippen LogP contribution in [0, 0.1) is 5.82 Å². The number of furan rings is 1. The molecule has 3 nitrogen and oxygen atoms in total. The molecule has 0 radical (unpaired) electrons. The van der Waals surface area contributed by atoms with Crippen molar-refractivity contribution in [1.82, 2.24) is 10.3 Å². The molecule has 1 N–H and O–H groups in total. The number of nitrogens with one attached hydrogen (secondary N) is 1. The molecule has 0 aromatic carbocycles. The van der Waals surface area contributed by atoms with Gasteiger partial charge in [0.05, 0.1) is 10.7 Å². The van der Waals surface area contributed by atoms with Gasteiger partial charge in [0.25, 0.3) is 0 Å². The van der Waals surface area contributed by atoms with Gasteiger partial charge in [-0.15, -0.1) is 0 Å². The number of rotatable bonds is 4. The van der Waals surface area contributed by atoms with Crippen LogP contribution < -0.4 is 5.32 Å². The molecule has 0 saturated carbocycles. The summed E-state index contributed by atoms with van der Waals surface area (Å²) in [6, 6.07) is 4.36. The van der Waals surface area contributed by atoms with Crippen LogP contribution in [0.1, 0.15) is 24.4 Å². The fourth-order valence-electron chi connectivity index (χ4n) is 1.64. The second kappa shape index (κ2) is 5.42. The highest BCUT2D eigenvalue weighted by Gasteiger charge is 2.23. The highest BCUT2D eigenvalue weighted by molar-refractivity contribution is 9.10. The summed E-state index contributed by atoms with van der Waals surface area (Å²) in [5.74, 6) is 0.284. The first kappa shape index (κ1) is 12.3. The van der Waals surface area contributed by atoms with Crippen LogP contribution in [-0.4, -0.2) is 11.5 Å². The molecule has 2 aromatic heterocycles. The van der Waals surface area contributed by atoms with Crippen LogP contribution in [0.5, 0.6) is 0 Å². The van der Waals surface area contributed by atoms with E-state index in [0.29, 0.717) is 18.0 Å². The quantitative estimate of drug-likeness (QED) is 0.941. The first-order valence-electron chi connectivity index (χ1n) is 5.30. The summed E-state index contributed by atoms with van der Waals surface area (Å²) < 4.78 is 19.9. The molecule has 0 aliphatic carbocycles. The SMILES string of the molecule is CCNC(c1ncccc1F)c1occc1Br. The van der Waals surface area contributed by atoms with Crippen LogP contribution >= 0.6 is 15.9 Å². The minimum absolute atomic E-state index is 0.338. The topological polar surface area (TPSA) is 38.1 Å². The van der Waals surface area contributed by atoms with Crippen LogP contribution in [0.3, 0.4) is 0 Å². The smallest absolute Gasteiger partial charge is 0.146 e. The van der Waals surface area contributed by atoms with Gasteiger partial charge in [0, 0.05) is 6.20 Å². The molecule has 2 heterocycles. The van der Waals surface area contributed by atoms with Gasteiger partial charge >= 0.3 is 0 Å². The third-order valence-corrected chi connectivity index (χ3v) is 3.03. The van der Waals surface area contributed by atoms with E-state index in [2.05, 4.69) is 26.2 Å². The van der Waals surface area contributed by atoms with Crippen molar-refractivity contribution in [3.05, 3.63) is 52.4 Å². The monoisotopic (exact) mass is 298 g/mol. The van der Waals surface area contributed by atoms with Crippen molar-refractivity contribution in [2.45, 2.75) is 13.0 Å². The van der Waals surface area contributed by atoms with Gasteiger partial charge in [-0.2, -0.15) is 0 Å². The van der Waals surface area contributed by atoms with E-state index in [4.69, 9.17) is 4.42 Å². The molecule has 2 aromatic rings. The molecule has 2 rings (SSSR count). The zero-order chi connectivity index (χ0) is 12.3. The molecule has 0 amide bonds. The lowest BCUT2D eigenvalue weighted by atomic mass is 10.1. The molecule has 0 aliphatic heterocycles. The average molecular weight is 299 g/mol. The van der Waals surface area contributed by atoms with Crippen LogP contribution in [0.4, 0.5) is 4.39 Å². The van der Waals surface area contributed by atoms with Gasteiger partial charge in [0.1, 0.15) is 23.3 Å². The van der Waals surface area contributed by atoms with E-state index < -0.39 is 0 Å². The average Bonchev–Trinajstić information content (AvgIpc) is 2.74. The predicted molar refractivity (Wildman–Crippen MR) is 66.1 cm³/mol. The molecule has 0 fully saturated rings. The summed E-state index contributed by atoms with van der Waals surface area (Å²) in [4.78, 5) is 4.08. The molecule has 0 aliphatic rings. The molecular weight excluding hydrogens is 287 g/mol. The zero-order valence-corrected chi connectivity index (χ0v) is 10.9. The molecule has 1 unspecified atom stereocenters. The van der Waals surface area contributed by atoms with E-state index in [1.54, 1.807) is 24.6 Å². The third kappa shape index (κ3) is 2.56. The number of halogens is 2. The summed E-state index contributed by atoms with van der Waals surface area (Å²) in [6.07, 6.45) is 3.13. The summed E-state index contributed by atoms with van der Waals surface area (Å²) >= 11 is 3.37. The summed E-state index contributed by atoms with van der Waals surface area (Å²) in [6.45, 7) is 2.64. The van der Waals surface area contributed by atoms with Gasteiger partial charge in [-0.05, 0) is 40.7 Å². The third-order valence-electron chi connectivity index (χ3n) is 2.38. The molecule has 5 heteroatoms. The van der Waals surface area contributed by atoms with Crippen molar-refractivity contribution < 1.29 is 8.81 Å². The van der Waals surface area contributed by atoms with Crippen LogP contribution in [0.2, 0.25) is 0 Å². The highest BCUT2D eigenvalue weighted by atomic mass is 79.9. The van der Waals surface area contributed by atoms with E-state index in [1.807, 2.05) is 6.92 Å². The Labute approximate surface area is 107 Å². The normalized spacial score (nSPS) is 12.6. The minimum Gasteiger partial charge on any atom is -0.466 e. The van der Waals surface area contributed by atoms with Crippen LogP contribution in [0.15, 0.2) is 39.5 Å². The molecule has 1 atom stereocenters. The van der Waals surface area contributed by atoms with Crippen molar-refractivity contribution in [2.24, 2.45) is 0 Å². The van der Waals surface area contributed by atoms with Gasteiger partial charge < -0.3 is 9.73 Å². The zero-order valence-electron chi connectivity index (χ0n) is 9.28. The number of nitrogens with zero attached hydrogens (tertiary/aromatic N) is 1. The number of hydrogen-bond acceptors (Lipinski definition) is 3. The highest BCUT2D eigenvalue weighted by Crippen LogP contribution is 2.29. The van der Waals surface area contributed by atoms with Crippen molar-refractivity contribution in [2.75, 3.05) is 6.54 Å². The second-order valence-electron chi connectivity index (χ2n) is 3.49. The number of pyridine rings is 1. The standard InChI is InChI=1S/C12H12BrFN2O/c1-2-15-11(12-8(13)5-7-17-12)10-9(14)4-3-6-16-10/h3-7,11,15H,2H2,1H3. The molecule has 0 spiro atoms. The summed E-state index contributed by atoms with van der Waals surface area (Å²) in [5, 5.41) is 3.16. The lowest BCUT2D eigenvalue weighted by Crippen LogP contribution is -2.23. The van der Waals surface area contributed by atoms with E-state index >= 15 is 0 Å². The maximum Gasteiger partial charge on any atom is 0.146 e. The maximum absolute atomic E-state index is 13.7. The number of aromatic nitrogens is 1. The maximum atomic E-state index is 13.7. The van der Waals surface area contributed by atoms with Crippen molar-refractivity contribution in [1.29, 1.82) is 0 Å². The Kier molecular flexibility index (Phi) is 3.91. The minimum atomic E-state index is -0.384. The van der Waals surface area contributed by atoms with E-state index in [1.165, 1.54) is 6.07 Å². The molecule has 0 saturated heterocycles. The van der Waals surface area contributed by atoms with Gasteiger partial charge in [-0.3, -0.25) is 4.98 Å². The fraction of sp³-hybridized carbons (Fsp3) is 0.250. The van der Waals surface area contributed by atoms with Crippen LogP contribution in [-0.2, 0) is 0 Å². The molecule has 17 heavy (non-hydrogen) atoms. The van der Waals surface area contributed by atoms with E-state index in [0.717, 1.165) is 4.47 Å². The van der Waals surface area contributed by atoms with Gasteiger partial charge in [-0.1, -0.05) is 6.92 Å². The Balaban J connectivity index is 2.43. The van der Waals surface area contributed by atoms with Crippen molar-refractivity contribution in [3.8, 4) is 0 Å². The van der Waals surface area contributed by atoms with Crippen LogP contribution in [0.25, 0.3) is 0 Å². The Bertz CT molecular complexity index is 501. The Morgan fingerprint density at radius 1 is 1.53 bits per heavy atom. The van der Waals surface area contributed by atoms with Crippen molar-refractivity contribution >= 4 is 15.9 Å². The largest absolute Gasteiger partial charge is 0.466 e. The lowest BCUT2D eigenvalue weighted by molar-refractivity contribution is 0.432. The van der Waals surface area contributed by atoms with Gasteiger partial charge in [0.15, 0.2) is 0 Å². The lowest BCUT2D eigenvalue weighted by Gasteiger charge is -2.16. The first-order chi connectivity index (χ1) is 8.24. The molecule has 0 bridgehead atoms. The van der Waals surface area contributed by atoms with Gasteiger partial charge in [-0.25, -0.2) is 4.39 Å². The fourth-order valence-corrected chi connectivity index (χ4v) is 2.07. The molecular formula is C12H12BrFN2O. The summed E-state index contributed by atoms with van der Waals surface area (Å²) in [5.41, 5.74) is 0.338. The second-order valence-corrected chi connectivity index (χ2v) is 4.35. The first-order valence-corrected chi connectivity index (χ1v) is 6.10. The summed E-state index contributed by atoms with van der Waals surface area (Å²) in [7, 11) is 0.